The van der Waals surface area contributed by atoms with Crippen molar-refractivity contribution in [1.29, 1.82) is 0 Å². The van der Waals surface area contributed by atoms with Crippen molar-refractivity contribution in [2.75, 3.05) is 0 Å². The fourth-order valence-electron chi connectivity index (χ4n) is 2.16. The van der Waals surface area contributed by atoms with Crippen LogP contribution in [0.1, 0.15) is 23.3 Å². The number of hydrogen-bond donors (Lipinski definition) is 2. The molecule has 2 heterocycles. The number of carbonyl (C=O) groups is 3. The summed E-state index contributed by atoms with van der Waals surface area (Å²) in [6, 6.07) is 5.30. The van der Waals surface area contributed by atoms with Gasteiger partial charge < -0.3 is 14.9 Å². The van der Waals surface area contributed by atoms with Crippen molar-refractivity contribution in [2.45, 2.75) is 12.8 Å². The molecule has 2 aromatic rings. The SMILES string of the molecule is O=C(ON1C(=O)CCC1=O)c1cc(=O)c2cccc(O)c2[nH]1. The van der Waals surface area contributed by atoms with Crippen molar-refractivity contribution < 1.29 is 24.3 Å². The van der Waals surface area contributed by atoms with Gasteiger partial charge in [-0.05, 0) is 12.1 Å². The highest BCUT2D eigenvalue weighted by molar-refractivity contribution is 6.02. The van der Waals surface area contributed by atoms with Crippen LogP contribution in [0, 0.1) is 0 Å². The summed E-state index contributed by atoms with van der Waals surface area (Å²) >= 11 is 0. The fourth-order valence-corrected chi connectivity index (χ4v) is 2.16. The van der Waals surface area contributed by atoms with Crippen LogP contribution in [0.3, 0.4) is 0 Å². The maximum atomic E-state index is 12.0. The van der Waals surface area contributed by atoms with Gasteiger partial charge in [0.05, 0.1) is 5.52 Å². The number of aromatic amines is 1. The number of pyridine rings is 1. The van der Waals surface area contributed by atoms with Crippen molar-refractivity contribution in [3.63, 3.8) is 0 Å². The third-order valence-electron chi connectivity index (χ3n) is 3.24. The Bertz CT molecular complexity index is 853. The smallest absolute Gasteiger partial charge is 0.380 e. The molecule has 2 N–H and O–H groups in total. The molecule has 1 aromatic carbocycles. The topological polar surface area (TPSA) is 117 Å². The Morgan fingerprint density at radius 2 is 1.86 bits per heavy atom. The predicted octanol–water partition coefficient (Wildman–Crippen LogP) is 0.455. The van der Waals surface area contributed by atoms with E-state index < -0.39 is 23.2 Å². The van der Waals surface area contributed by atoms with E-state index in [1.807, 2.05) is 0 Å². The second-order valence-corrected chi connectivity index (χ2v) is 4.71. The predicted molar refractivity (Wildman–Crippen MR) is 72.7 cm³/mol. The number of phenols is 1. The third-order valence-corrected chi connectivity index (χ3v) is 3.24. The van der Waals surface area contributed by atoms with Gasteiger partial charge in [0.15, 0.2) is 5.43 Å². The van der Waals surface area contributed by atoms with Gasteiger partial charge >= 0.3 is 5.97 Å². The number of aromatic nitrogens is 1. The second kappa shape index (κ2) is 4.99. The molecule has 1 aliphatic heterocycles. The maximum absolute atomic E-state index is 12.0. The Morgan fingerprint density at radius 3 is 2.55 bits per heavy atom. The van der Waals surface area contributed by atoms with Gasteiger partial charge in [0.25, 0.3) is 11.8 Å². The van der Waals surface area contributed by atoms with Crippen LogP contribution < -0.4 is 5.43 Å². The largest absolute Gasteiger partial charge is 0.506 e. The van der Waals surface area contributed by atoms with E-state index in [4.69, 9.17) is 4.84 Å². The van der Waals surface area contributed by atoms with Crippen molar-refractivity contribution >= 4 is 28.7 Å². The Balaban J connectivity index is 1.98. The van der Waals surface area contributed by atoms with E-state index in [-0.39, 0.29) is 35.2 Å². The van der Waals surface area contributed by atoms with Gasteiger partial charge in [-0.15, -0.1) is 5.06 Å². The lowest BCUT2D eigenvalue weighted by Crippen LogP contribution is -2.32. The molecule has 0 atom stereocenters. The first-order chi connectivity index (χ1) is 10.5. The Kier molecular flexibility index (Phi) is 3.13. The first-order valence-corrected chi connectivity index (χ1v) is 6.40. The molecule has 1 fully saturated rings. The van der Waals surface area contributed by atoms with Crippen LogP contribution in [0.15, 0.2) is 29.1 Å². The summed E-state index contributed by atoms with van der Waals surface area (Å²) in [5.74, 6) is -2.52. The minimum atomic E-state index is -1.06. The zero-order valence-corrected chi connectivity index (χ0v) is 11.2. The zero-order valence-electron chi connectivity index (χ0n) is 11.2. The van der Waals surface area contributed by atoms with Crippen molar-refractivity contribution in [1.82, 2.24) is 10.0 Å². The number of nitrogens with zero attached hydrogens (tertiary/aromatic N) is 1. The molecule has 1 saturated heterocycles. The molecule has 0 radical (unpaired) electrons. The summed E-state index contributed by atoms with van der Waals surface area (Å²) in [6.07, 6.45) is -0.0533. The molecule has 8 nitrogen and oxygen atoms in total. The van der Waals surface area contributed by atoms with Gasteiger partial charge in [0, 0.05) is 24.3 Å². The molecule has 0 saturated carbocycles. The van der Waals surface area contributed by atoms with Crippen molar-refractivity contribution in [3.8, 4) is 5.75 Å². The molecule has 8 heteroatoms. The number of hydrogen-bond acceptors (Lipinski definition) is 6. The highest BCUT2D eigenvalue weighted by atomic mass is 16.7. The molecular formula is C14H10N2O6. The Labute approximate surface area is 122 Å². The molecule has 1 aliphatic rings. The number of para-hydroxylation sites is 1. The normalized spacial score (nSPS) is 14.6. The van der Waals surface area contributed by atoms with Crippen LogP contribution in [0.5, 0.6) is 5.75 Å². The van der Waals surface area contributed by atoms with Crippen LogP contribution in [-0.2, 0) is 14.4 Å². The minimum Gasteiger partial charge on any atom is -0.506 e. The minimum absolute atomic E-state index is 0.0266. The van der Waals surface area contributed by atoms with E-state index in [0.717, 1.165) is 6.07 Å². The second-order valence-electron chi connectivity index (χ2n) is 4.71. The maximum Gasteiger partial charge on any atom is 0.380 e. The van der Waals surface area contributed by atoms with E-state index in [1.54, 1.807) is 0 Å². The van der Waals surface area contributed by atoms with Crippen LogP contribution in [-0.4, -0.2) is 32.9 Å². The Hall–Kier alpha value is -3.16. The number of aromatic hydroxyl groups is 1. The molecule has 22 heavy (non-hydrogen) atoms. The highest BCUT2D eigenvalue weighted by Gasteiger charge is 2.33. The van der Waals surface area contributed by atoms with Gasteiger partial charge in [-0.1, -0.05) is 6.07 Å². The Morgan fingerprint density at radius 1 is 1.18 bits per heavy atom. The standard InChI is InChI=1S/C14H10N2O6/c17-9-3-1-2-7-10(18)6-8(15-13(7)9)14(21)22-16-11(19)4-5-12(16)20/h1-3,6,17H,4-5H2,(H,15,18). The van der Waals surface area contributed by atoms with E-state index >= 15 is 0 Å². The lowest BCUT2D eigenvalue weighted by atomic mass is 10.2. The summed E-state index contributed by atoms with van der Waals surface area (Å²) < 4.78 is 0. The quantitative estimate of drug-likeness (QED) is 0.778. The molecule has 0 bridgehead atoms. The summed E-state index contributed by atoms with van der Waals surface area (Å²) in [5.41, 5.74) is -0.705. The number of rotatable bonds is 2. The third kappa shape index (κ3) is 2.20. The highest BCUT2D eigenvalue weighted by Crippen LogP contribution is 2.20. The van der Waals surface area contributed by atoms with Crippen LogP contribution in [0.2, 0.25) is 0 Å². The number of H-pyrrole nitrogens is 1. The molecule has 0 aliphatic carbocycles. The first-order valence-electron chi connectivity index (χ1n) is 6.40. The summed E-state index contributed by atoms with van der Waals surface area (Å²) in [6.45, 7) is 0. The van der Waals surface area contributed by atoms with E-state index in [9.17, 15) is 24.3 Å². The van der Waals surface area contributed by atoms with Crippen molar-refractivity contribution in [3.05, 3.63) is 40.2 Å². The van der Waals surface area contributed by atoms with Crippen LogP contribution in [0.25, 0.3) is 10.9 Å². The molecule has 0 spiro atoms. The van der Waals surface area contributed by atoms with Crippen LogP contribution >= 0.6 is 0 Å². The lowest BCUT2D eigenvalue weighted by Gasteiger charge is -2.12. The lowest BCUT2D eigenvalue weighted by molar-refractivity contribution is -0.172. The van der Waals surface area contributed by atoms with E-state index in [1.165, 1.54) is 18.2 Å². The van der Waals surface area contributed by atoms with Crippen LogP contribution in [0.4, 0.5) is 0 Å². The van der Waals surface area contributed by atoms with Gasteiger partial charge in [0.2, 0.25) is 0 Å². The summed E-state index contributed by atoms with van der Waals surface area (Å²) in [5, 5.41) is 10.3. The molecular weight excluding hydrogens is 292 g/mol. The number of imide groups is 1. The van der Waals surface area contributed by atoms with Gasteiger partial charge in [-0.25, -0.2) is 4.79 Å². The average molecular weight is 302 g/mol. The number of carbonyl (C=O) groups excluding carboxylic acids is 3. The van der Waals surface area contributed by atoms with Gasteiger partial charge in [-0.3, -0.25) is 14.4 Å². The monoisotopic (exact) mass is 302 g/mol. The van der Waals surface area contributed by atoms with E-state index in [0.29, 0.717) is 5.06 Å². The molecule has 3 rings (SSSR count). The molecule has 0 unspecified atom stereocenters. The van der Waals surface area contributed by atoms with E-state index in [2.05, 4.69) is 4.98 Å². The number of fused-ring (bicyclic) bond motifs is 1. The summed E-state index contributed by atoms with van der Waals surface area (Å²) in [4.78, 5) is 54.0. The van der Waals surface area contributed by atoms with Gasteiger partial charge in [-0.2, -0.15) is 0 Å². The molecule has 112 valence electrons. The summed E-state index contributed by atoms with van der Waals surface area (Å²) in [7, 11) is 0. The molecule has 2 amide bonds. The van der Waals surface area contributed by atoms with Gasteiger partial charge in [0.1, 0.15) is 11.4 Å². The first kappa shape index (κ1) is 13.8. The number of nitrogens with one attached hydrogen (secondary N) is 1. The number of amides is 2. The number of benzene rings is 1. The molecule has 1 aromatic heterocycles. The average Bonchev–Trinajstić information content (AvgIpc) is 2.80. The fraction of sp³-hybridized carbons (Fsp3) is 0.143. The zero-order chi connectivity index (χ0) is 15.9. The number of phenolic OH excluding ortho intramolecular Hbond substituents is 1. The van der Waals surface area contributed by atoms with Crippen molar-refractivity contribution in [2.24, 2.45) is 0 Å². The number of hydroxylamine groups is 2.